The van der Waals surface area contributed by atoms with Gasteiger partial charge in [0.05, 0.1) is 15.2 Å². The van der Waals surface area contributed by atoms with Crippen LogP contribution in [0.25, 0.3) is 0 Å². The van der Waals surface area contributed by atoms with Crippen molar-refractivity contribution >= 4 is 19.8 Å². The molecule has 0 aromatic heterocycles. The van der Waals surface area contributed by atoms with Crippen molar-refractivity contribution < 1.29 is 14.3 Å². The summed E-state index contributed by atoms with van der Waals surface area (Å²) < 4.78 is 4.85. The van der Waals surface area contributed by atoms with E-state index in [0.717, 1.165) is 29.2 Å². The van der Waals surface area contributed by atoms with E-state index < -0.39 is 8.07 Å². The molecule has 0 saturated carbocycles. The van der Waals surface area contributed by atoms with Crippen molar-refractivity contribution in [2.24, 2.45) is 5.92 Å². The van der Waals surface area contributed by atoms with Gasteiger partial charge in [-0.3, -0.25) is 4.79 Å². The van der Waals surface area contributed by atoms with Gasteiger partial charge >= 0.3 is 5.97 Å². The van der Waals surface area contributed by atoms with E-state index in [-0.39, 0.29) is 11.0 Å². The number of hydrogen-bond acceptors (Lipinski definition) is 3. The maximum atomic E-state index is 12.6. The van der Waals surface area contributed by atoms with Crippen molar-refractivity contribution in [3.05, 3.63) is 22.4 Å². The lowest BCUT2D eigenvalue weighted by Gasteiger charge is -2.38. The van der Waals surface area contributed by atoms with Gasteiger partial charge < -0.3 is 4.74 Å². The number of ether oxygens (including phenoxy) is 1. The van der Waals surface area contributed by atoms with Gasteiger partial charge in [-0.15, -0.1) is 0 Å². The number of ketones is 1. The second-order valence-electron chi connectivity index (χ2n) is 7.73. The zero-order valence-electron chi connectivity index (χ0n) is 14.0. The third kappa shape index (κ3) is 2.66. The number of allylic oxidation sites excluding steroid dienone is 3. The van der Waals surface area contributed by atoms with Gasteiger partial charge in [0.25, 0.3) is 0 Å². The molecule has 1 atom stereocenters. The number of carbonyl (C=O) groups is 2. The summed E-state index contributed by atoms with van der Waals surface area (Å²) in [6, 6.07) is 0. The number of methoxy groups -OCH3 is 1. The van der Waals surface area contributed by atoms with Crippen LogP contribution in [0.4, 0.5) is 0 Å². The summed E-state index contributed by atoms with van der Waals surface area (Å²) in [5, 5.41) is 1.18. The van der Waals surface area contributed by atoms with Crippen molar-refractivity contribution in [1.29, 1.82) is 0 Å². The second kappa shape index (κ2) is 5.23. The first kappa shape index (κ1) is 16.2. The minimum atomic E-state index is -1.88. The summed E-state index contributed by atoms with van der Waals surface area (Å²) in [5.74, 6) is 0.369. The van der Waals surface area contributed by atoms with Gasteiger partial charge in [-0.1, -0.05) is 33.9 Å². The van der Waals surface area contributed by atoms with E-state index in [1.807, 2.05) is 6.08 Å². The van der Waals surface area contributed by atoms with Gasteiger partial charge in [-0.2, -0.15) is 0 Å². The normalized spacial score (nSPS) is 23.0. The molecule has 3 nitrogen and oxygen atoms in total. The molecule has 0 amide bonds. The van der Waals surface area contributed by atoms with Crippen LogP contribution in [0.2, 0.25) is 18.1 Å². The van der Waals surface area contributed by atoms with Crippen LogP contribution in [0, 0.1) is 5.92 Å². The first-order valence-electron chi connectivity index (χ1n) is 7.66. The molecule has 0 radical (unpaired) electrons. The lowest BCUT2D eigenvalue weighted by Crippen LogP contribution is -2.42. The van der Waals surface area contributed by atoms with Crippen molar-refractivity contribution in [3.63, 3.8) is 0 Å². The number of hydrogen-bond donors (Lipinski definition) is 0. The SMILES string of the molecule is COC(=O)C1=CC2=C([Si](C)(C)C(C)(C)C)C(=O)CC2CC1. The Balaban J connectivity index is 2.56. The average molecular weight is 306 g/mol. The molecule has 0 aromatic carbocycles. The van der Waals surface area contributed by atoms with Gasteiger partial charge in [-0.25, -0.2) is 4.79 Å². The van der Waals surface area contributed by atoms with E-state index in [4.69, 9.17) is 4.74 Å². The third-order valence-corrected chi connectivity index (χ3v) is 11.0. The summed E-state index contributed by atoms with van der Waals surface area (Å²) in [5.41, 5.74) is 1.85. The zero-order valence-corrected chi connectivity index (χ0v) is 15.0. The molecule has 0 spiro atoms. The molecule has 0 saturated heterocycles. The van der Waals surface area contributed by atoms with Crippen LogP contribution in [-0.4, -0.2) is 26.9 Å². The predicted octanol–water partition coefficient (Wildman–Crippen LogP) is 3.81. The predicted molar refractivity (Wildman–Crippen MR) is 86.7 cm³/mol. The number of rotatable bonds is 2. The van der Waals surface area contributed by atoms with Crippen LogP contribution in [0.1, 0.15) is 40.0 Å². The van der Waals surface area contributed by atoms with Crippen LogP contribution in [0.3, 0.4) is 0 Å². The van der Waals surface area contributed by atoms with Gasteiger partial charge in [0.1, 0.15) is 0 Å². The number of fused-ring (bicyclic) bond motifs is 1. The second-order valence-corrected chi connectivity index (χ2v) is 13.0. The Kier molecular flexibility index (Phi) is 4.04. The molecule has 0 N–H and O–H groups in total. The molecular formula is C17H26O3Si. The highest BCUT2D eigenvalue weighted by atomic mass is 28.3. The summed E-state index contributed by atoms with van der Waals surface area (Å²) in [7, 11) is -0.469. The molecule has 0 aliphatic heterocycles. The van der Waals surface area contributed by atoms with E-state index in [1.165, 1.54) is 7.11 Å². The maximum Gasteiger partial charge on any atom is 0.333 e. The Labute approximate surface area is 128 Å². The lowest BCUT2D eigenvalue weighted by molar-refractivity contribution is -0.136. The fraction of sp³-hybridized carbons (Fsp3) is 0.647. The summed E-state index contributed by atoms with van der Waals surface area (Å²) in [4.78, 5) is 24.4. The van der Waals surface area contributed by atoms with E-state index in [2.05, 4.69) is 33.9 Å². The van der Waals surface area contributed by atoms with Gasteiger partial charge in [0.2, 0.25) is 0 Å². The first-order valence-corrected chi connectivity index (χ1v) is 10.7. The Bertz CT molecular complexity index is 547. The van der Waals surface area contributed by atoms with Crippen LogP contribution in [0.5, 0.6) is 0 Å². The molecule has 4 heteroatoms. The number of esters is 1. The van der Waals surface area contributed by atoms with Crippen LogP contribution in [-0.2, 0) is 14.3 Å². The van der Waals surface area contributed by atoms with Crippen molar-refractivity contribution in [1.82, 2.24) is 0 Å². The van der Waals surface area contributed by atoms with Crippen molar-refractivity contribution in [2.45, 2.75) is 58.2 Å². The van der Waals surface area contributed by atoms with Crippen LogP contribution < -0.4 is 0 Å². The van der Waals surface area contributed by atoms with Crippen molar-refractivity contribution in [2.75, 3.05) is 7.11 Å². The van der Waals surface area contributed by atoms with E-state index in [0.29, 0.717) is 18.1 Å². The molecule has 0 bridgehead atoms. The molecule has 0 fully saturated rings. The molecule has 116 valence electrons. The monoisotopic (exact) mass is 306 g/mol. The number of Topliss-reactive ketones (excluding diaryl/α,β-unsaturated/α-hetero) is 1. The fourth-order valence-electron chi connectivity index (χ4n) is 3.21. The molecule has 2 aliphatic carbocycles. The molecule has 21 heavy (non-hydrogen) atoms. The highest BCUT2D eigenvalue weighted by Gasteiger charge is 2.47. The van der Waals surface area contributed by atoms with E-state index >= 15 is 0 Å². The number of carbonyl (C=O) groups excluding carboxylic acids is 2. The molecule has 2 aliphatic rings. The Morgan fingerprint density at radius 1 is 1.33 bits per heavy atom. The molecule has 0 heterocycles. The average Bonchev–Trinajstić information content (AvgIpc) is 2.71. The molecular weight excluding hydrogens is 280 g/mol. The first-order chi connectivity index (χ1) is 9.59. The molecule has 2 rings (SSSR count). The highest BCUT2D eigenvalue weighted by molar-refractivity contribution is 6.91. The Morgan fingerprint density at radius 2 is 1.95 bits per heavy atom. The Morgan fingerprint density at radius 3 is 2.48 bits per heavy atom. The van der Waals surface area contributed by atoms with Gasteiger partial charge in [-0.05, 0) is 40.6 Å². The lowest BCUT2D eigenvalue weighted by atomic mass is 9.87. The third-order valence-electron chi connectivity index (χ3n) is 5.48. The zero-order chi connectivity index (χ0) is 16.0. The smallest absolute Gasteiger partial charge is 0.333 e. The molecule has 1 unspecified atom stereocenters. The van der Waals surface area contributed by atoms with Crippen LogP contribution >= 0.6 is 0 Å². The topological polar surface area (TPSA) is 43.4 Å². The fourth-order valence-corrected chi connectivity index (χ4v) is 5.76. The summed E-state index contributed by atoms with van der Waals surface area (Å²) in [6.07, 6.45) is 4.20. The highest BCUT2D eigenvalue weighted by Crippen LogP contribution is 2.49. The van der Waals surface area contributed by atoms with E-state index in [1.54, 1.807) is 0 Å². The minimum Gasteiger partial charge on any atom is -0.466 e. The van der Waals surface area contributed by atoms with Crippen LogP contribution in [0.15, 0.2) is 22.4 Å². The Hall–Kier alpha value is -1.16. The summed E-state index contributed by atoms with van der Waals surface area (Å²) in [6.45, 7) is 11.2. The molecule has 0 aromatic rings. The maximum absolute atomic E-state index is 12.6. The largest absolute Gasteiger partial charge is 0.466 e. The summed E-state index contributed by atoms with van der Waals surface area (Å²) >= 11 is 0. The standard InChI is InChI=1S/C17H26O3Si/c1-17(2,3)21(5,6)15-13-9-12(16(19)20-4)8-7-11(13)10-14(15)18/h9,11H,7-8,10H2,1-6H3. The quantitative estimate of drug-likeness (QED) is 0.575. The van der Waals surface area contributed by atoms with Gasteiger partial charge in [0.15, 0.2) is 5.78 Å². The van der Waals surface area contributed by atoms with Crippen molar-refractivity contribution in [3.8, 4) is 0 Å². The van der Waals surface area contributed by atoms with E-state index in [9.17, 15) is 9.59 Å². The minimum absolute atomic E-state index is 0.122. The van der Waals surface area contributed by atoms with Gasteiger partial charge in [0, 0.05) is 12.0 Å².